The molecule has 16 heavy (non-hydrogen) atoms. The summed E-state index contributed by atoms with van der Waals surface area (Å²) in [4.78, 5) is 4.58. The van der Waals surface area contributed by atoms with Crippen LogP contribution in [-0.2, 0) is 6.42 Å². The van der Waals surface area contributed by atoms with Crippen molar-refractivity contribution in [3.05, 3.63) is 29.6 Å². The minimum absolute atomic E-state index is 0.0268. The third kappa shape index (κ3) is 1.47. The van der Waals surface area contributed by atoms with Gasteiger partial charge in [-0.3, -0.25) is 4.98 Å². The summed E-state index contributed by atoms with van der Waals surface area (Å²) in [7, 11) is 0. The van der Waals surface area contributed by atoms with Gasteiger partial charge in [0.2, 0.25) is 0 Å². The lowest BCUT2D eigenvalue weighted by atomic mass is 9.81. The molecule has 2 aliphatic rings. The smallest absolute Gasteiger partial charge is 0.0484 e. The Kier molecular flexibility index (Phi) is 2.28. The molecule has 3 atom stereocenters. The monoisotopic (exact) mass is 216 g/mol. The van der Waals surface area contributed by atoms with E-state index in [0.29, 0.717) is 5.92 Å². The van der Waals surface area contributed by atoms with Crippen molar-refractivity contribution in [3.8, 4) is 0 Å². The molecule has 0 saturated heterocycles. The number of nitrogens with two attached hydrogens (primary N) is 1. The Labute approximate surface area is 97.3 Å². The van der Waals surface area contributed by atoms with Gasteiger partial charge < -0.3 is 5.73 Å². The minimum Gasteiger partial charge on any atom is -0.324 e. The van der Waals surface area contributed by atoms with Crippen molar-refractivity contribution in [2.75, 3.05) is 0 Å². The molecule has 86 valence electrons. The van der Waals surface area contributed by atoms with E-state index in [2.05, 4.69) is 18.0 Å². The van der Waals surface area contributed by atoms with E-state index in [1.807, 2.05) is 12.3 Å². The Morgan fingerprint density at radius 2 is 2.31 bits per heavy atom. The third-order valence-electron chi connectivity index (χ3n) is 4.48. The molecule has 0 bridgehead atoms. The van der Waals surface area contributed by atoms with Crippen molar-refractivity contribution >= 4 is 0 Å². The molecule has 0 aliphatic heterocycles. The van der Waals surface area contributed by atoms with E-state index in [0.717, 1.165) is 5.92 Å². The van der Waals surface area contributed by atoms with E-state index >= 15 is 0 Å². The summed E-state index contributed by atoms with van der Waals surface area (Å²) in [6.07, 6.45) is 7.92. The van der Waals surface area contributed by atoms with E-state index in [1.54, 1.807) is 0 Å². The third-order valence-corrected chi connectivity index (χ3v) is 4.48. The topological polar surface area (TPSA) is 38.9 Å². The Morgan fingerprint density at radius 3 is 3.06 bits per heavy atom. The van der Waals surface area contributed by atoms with Gasteiger partial charge in [-0.25, -0.2) is 0 Å². The molecule has 2 nitrogen and oxygen atoms in total. The number of hydrogen-bond acceptors (Lipinski definition) is 2. The number of rotatable bonds is 1. The molecule has 2 aliphatic carbocycles. The highest BCUT2D eigenvalue weighted by Gasteiger charge is 2.44. The van der Waals surface area contributed by atoms with Gasteiger partial charge in [0.1, 0.15) is 0 Å². The second kappa shape index (κ2) is 3.56. The molecule has 0 amide bonds. The molecule has 0 spiro atoms. The van der Waals surface area contributed by atoms with E-state index in [-0.39, 0.29) is 5.54 Å². The number of hydrogen-bond donors (Lipinski definition) is 1. The van der Waals surface area contributed by atoms with Gasteiger partial charge >= 0.3 is 0 Å². The standard InChI is InChI=1S/C14H20N2/c1-10-6-7-14(15,9-10)12-5-4-11-3-2-8-16-13(11)12/h2-3,8,10,12H,4-7,9,15H2,1H3. The van der Waals surface area contributed by atoms with Gasteiger partial charge in [-0.15, -0.1) is 0 Å². The average Bonchev–Trinajstić information content (AvgIpc) is 2.83. The fraction of sp³-hybridized carbons (Fsp3) is 0.643. The predicted octanol–water partition coefficient (Wildman–Crippen LogP) is 2.63. The molecule has 2 heteroatoms. The molecule has 1 fully saturated rings. The summed E-state index contributed by atoms with van der Waals surface area (Å²) < 4.78 is 0. The van der Waals surface area contributed by atoms with Gasteiger partial charge in [-0.2, -0.15) is 0 Å². The van der Waals surface area contributed by atoms with Crippen molar-refractivity contribution in [1.29, 1.82) is 0 Å². The SMILES string of the molecule is CC1CCC(N)(C2CCc3cccnc32)C1. The van der Waals surface area contributed by atoms with Gasteiger partial charge in [0, 0.05) is 23.3 Å². The van der Waals surface area contributed by atoms with Gasteiger partial charge in [0.25, 0.3) is 0 Å². The number of nitrogens with zero attached hydrogens (tertiary/aromatic N) is 1. The van der Waals surface area contributed by atoms with Crippen molar-refractivity contribution < 1.29 is 0 Å². The molecule has 0 radical (unpaired) electrons. The summed E-state index contributed by atoms with van der Waals surface area (Å²) in [5, 5.41) is 0. The van der Waals surface area contributed by atoms with Crippen molar-refractivity contribution in [2.45, 2.75) is 50.5 Å². The van der Waals surface area contributed by atoms with Gasteiger partial charge in [-0.05, 0) is 49.7 Å². The molecule has 3 unspecified atom stereocenters. The van der Waals surface area contributed by atoms with Crippen molar-refractivity contribution in [3.63, 3.8) is 0 Å². The summed E-state index contributed by atoms with van der Waals surface area (Å²) in [6, 6.07) is 4.26. The maximum Gasteiger partial charge on any atom is 0.0484 e. The van der Waals surface area contributed by atoms with E-state index < -0.39 is 0 Å². The number of aromatic nitrogens is 1. The zero-order chi connectivity index (χ0) is 11.2. The molecular formula is C14H20N2. The van der Waals surface area contributed by atoms with Crippen LogP contribution in [0.4, 0.5) is 0 Å². The van der Waals surface area contributed by atoms with Crippen molar-refractivity contribution in [2.24, 2.45) is 11.7 Å². The van der Waals surface area contributed by atoms with Gasteiger partial charge in [0.05, 0.1) is 0 Å². The summed E-state index contributed by atoms with van der Waals surface area (Å²) in [5.74, 6) is 1.30. The summed E-state index contributed by atoms with van der Waals surface area (Å²) in [5.41, 5.74) is 9.37. The van der Waals surface area contributed by atoms with Crippen LogP contribution in [0.1, 0.15) is 49.8 Å². The summed E-state index contributed by atoms with van der Waals surface area (Å²) in [6.45, 7) is 2.32. The lowest BCUT2D eigenvalue weighted by molar-refractivity contribution is 0.336. The molecule has 1 saturated carbocycles. The first-order chi connectivity index (χ1) is 7.69. The van der Waals surface area contributed by atoms with Crippen LogP contribution in [0, 0.1) is 5.92 Å². The van der Waals surface area contributed by atoms with Crippen LogP contribution in [0.25, 0.3) is 0 Å². The van der Waals surface area contributed by atoms with Gasteiger partial charge in [-0.1, -0.05) is 13.0 Å². The molecule has 1 aromatic heterocycles. The van der Waals surface area contributed by atoms with Crippen LogP contribution in [0.15, 0.2) is 18.3 Å². The fourth-order valence-electron chi connectivity index (χ4n) is 3.66. The highest BCUT2D eigenvalue weighted by molar-refractivity contribution is 5.32. The maximum atomic E-state index is 6.63. The quantitative estimate of drug-likeness (QED) is 0.783. The van der Waals surface area contributed by atoms with Crippen LogP contribution >= 0.6 is 0 Å². The first-order valence-corrected chi connectivity index (χ1v) is 6.42. The van der Waals surface area contributed by atoms with Crippen molar-refractivity contribution in [1.82, 2.24) is 4.98 Å². The van der Waals surface area contributed by atoms with Gasteiger partial charge in [0.15, 0.2) is 0 Å². The van der Waals surface area contributed by atoms with Crippen LogP contribution in [-0.4, -0.2) is 10.5 Å². The Bertz CT molecular complexity index is 401. The highest BCUT2D eigenvalue weighted by atomic mass is 14.8. The average molecular weight is 216 g/mol. The Balaban J connectivity index is 1.93. The molecule has 1 aromatic rings. The van der Waals surface area contributed by atoms with Crippen LogP contribution < -0.4 is 5.73 Å². The lowest BCUT2D eigenvalue weighted by Crippen LogP contribution is -2.42. The van der Waals surface area contributed by atoms with Crippen LogP contribution in [0.3, 0.4) is 0 Å². The zero-order valence-electron chi connectivity index (χ0n) is 9.95. The second-order valence-electron chi connectivity index (χ2n) is 5.72. The summed E-state index contributed by atoms with van der Waals surface area (Å²) >= 11 is 0. The number of aryl methyl sites for hydroxylation is 1. The normalized spacial score (nSPS) is 37.6. The van der Waals surface area contributed by atoms with Crippen LogP contribution in [0.5, 0.6) is 0 Å². The molecule has 0 aromatic carbocycles. The second-order valence-corrected chi connectivity index (χ2v) is 5.72. The Morgan fingerprint density at radius 1 is 1.44 bits per heavy atom. The molecule has 3 rings (SSSR count). The minimum atomic E-state index is 0.0268. The van der Waals surface area contributed by atoms with E-state index in [1.165, 1.54) is 43.4 Å². The molecular weight excluding hydrogens is 196 g/mol. The fourth-order valence-corrected chi connectivity index (χ4v) is 3.66. The molecule has 2 N–H and O–H groups in total. The predicted molar refractivity (Wildman–Crippen MR) is 65.2 cm³/mol. The maximum absolute atomic E-state index is 6.63. The molecule has 1 heterocycles. The largest absolute Gasteiger partial charge is 0.324 e. The van der Waals surface area contributed by atoms with E-state index in [4.69, 9.17) is 5.73 Å². The zero-order valence-corrected chi connectivity index (χ0v) is 9.95. The highest BCUT2D eigenvalue weighted by Crippen LogP contribution is 2.47. The Hall–Kier alpha value is -0.890. The lowest BCUT2D eigenvalue weighted by Gasteiger charge is -2.31. The number of fused-ring (bicyclic) bond motifs is 1. The van der Waals surface area contributed by atoms with Crippen LogP contribution in [0.2, 0.25) is 0 Å². The first-order valence-electron chi connectivity index (χ1n) is 6.42. The number of pyridine rings is 1. The van der Waals surface area contributed by atoms with E-state index in [9.17, 15) is 0 Å². The first kappa shape index (κ1) is 10.3.